The molecule has 0 atom stereocenters. The van der Waals surface area contributed by atoms with Crippen LogP contribution in [0.25, 0.3) is 5.69 Å². The molecular weight excluding hydrogens is 521 g/mol. The lowest BCUT2D eigenvalue weighted by Gasteiger charge is -2.28. The number of hydrogen-bond acceptors (Lipinski definition) is 2. The number of imidazole rings is 1. The summed E-state index contributed by atoms with van der Waals surface area (Å²) >= 11 is 26.2. The van der Waals surface area contributed by atoms with Gasteiger partial charge in [-0.2, -0.15) is 0 Å². The molecule has 0 aliphatic heterocycles. The van der Waals surface area contributed by atoms with Crippen molar-refractivity contribution in [3.05, 3.63) is 110 Å². The minimum Gasteiger partial charge on any atom is -0.291 e. The Kier molecular flexibility index (Phi) is 7.32. The molecular formula is C25H19Cl4FN2S. The van der Waals surface area contributed by atoms with Gasteiger partial charge in [-0.25, -0.2) is 9.37 Å². The van der Waals surface area contributed by atoms with E-state index in [1.807, 2.05) is 42.6 Å². The number of thioether (sulfide) groups is 1. The van der Waals surface area contributed by atoms with E-state index >= 15 is 0 Å². The molecule has 0 saturated carbocycles. The second kappa shape index (κ2) is 9.89. The normalized spacial score (nSPS) is 11.7. The summed E-state index contributed by atoms with van der Waals surface area (Å²) in [5.74, 6) is -0.00101. The highest BCUT2D eigenvalue weighted by Gasteiger charge is 2.30. The zero-order valence-corrected chi connectivity index (χ0v) is 21.6. The molecule has 0 spiro atoms. The Morgan fingerprint density at radius 3 is 2.30 bits per heavy atom. The van der Waals surface area contributed by atoms with Crippen LogP contribution in [0.1, 0.15) is 30.7 Å². The number of nitrogens with zero attached hydrogens (tertiary/aromatic N) is 2. The van der Waals surface area contributed by atoms with Gasteiger partial charge >= 0.3 is 0 Å². The minimum atomic E-state index is -0.463. The standard InChI is InChI=1S/C25H19Cl4FN2S/c1-25(2,15-6-11-20(28)21(29)12-15)23-13-31-24(32(23)17-9-7-16(26)8-10-17)33-14-18-19(27)4-3-5-22(18)30/h3-13H,14H2,1-2H3. The number of benzene rings is 3. The summed E-state index contributed by atoms with van der Waals surface area (Å²) in [6, 6.07) is 17.8. The monoisotopic (exact) mass is 538 g/mol. The Balaban J connectivity index is 1.80. The molecule has 33 heavy (non-hydrogen) atoms. The maximum absolute atomic E-state index is 14.3. The molecule has 0 bridgehead atoms. The van der Waals surface area contributed by atoms with E-state index in [-0.39, 0.29) is 5.82 Å². The van der Waals surface area contributed by atoms with Crippen molar-refractivity contribution < 1.29 is 4.39 Å². The van der Waals surface area contributed by atoms with E-state index in [0.29, 0.717) is 36.6 Å². The molecule has 0 radical (unpaired) electrons. The first-order chi connectivity index (χ1) is 15.7. The number of hydrogen-bond donors (Lipinski definition) is 0. The van der Waals surface area contributed by atoms with Gasteiger partial charge in [-0.05, 0) is 54.1 Å². The van der Waals surface area contributed by atoms with Crippen molar-refractivity contribution >= 4 is 58.2 Å². The largest absolute Gasteiger partial charge is 0.291 e. The van der Waals surface area contributed by atoms with Crippen molar-refractivity contribution in [3.8, 4) is 5.69 Å². The molecule has 1 aromatic heterocycles. The van der Waals surface area contributed by atoms with E-state index in [1.54, 1.807) is 18.2 Å². The molecule has 0 aliphatic rings. The van der Waals surface area contributed by atoms with Crippen LogP contribution in [-0.2, 0) is 11.2 Å². The molecule has 170 valence electrons. The van der Waals surface area contributed by atoms with Crippen LogP contribution in [0.5, 0.6) is 0 Å². The molecule has 1 heterocycles. The van der Waals surface area contributed by atoms with Gasteiger partial charge < -0.3 is 0 Å². The van der Waals surface area contributed by atoms with Crippen molar-refractivity contribution in [2.24, 2.45) is 0 Å². The summed E-state index contributed by atoms with van der Waals surface area (Å²) in [6.45, 7) is 4.19. The second-order valence-electron chi connectivity index (χ2n) is 7.98. The Bertz CT molecular complexity index is 1280. The lowest BCUT2D eigenvalue weighted by molar-refractivity contribution is 0.593. The van der Waals surface area contributed by atoms with E-state index in [4.69, 9.17) is 46.4 Å². The predicted molar refractivity (Wildman–Crippen MR) is 138 cm³/mol. The van der Waals surface area contributed by atoms with Crippen LogP contribution in [-0.4, -0.2) is 9.55 Å². The molecule has 8 heteroatoms. The van der Waals surface area contributed by atoms with Gasteiger partial charge in [-0.3, -0.25) is 4.57 Å². The summed E-state index contributed by atoms with van der Waals surface area (Å²) in [6.07, 6.45) is 1.84. The van der Waals surface area contributed by atoms with Gasteiger partial charge in [0, 0.05) is 32.5 Å². The Morgan fingerprint density at radius 1 is 0.909 bits per heavy atom. The van der Waals surface area contributed by atoms with Crippen LogP contribution in [0.3, 0.4) is 0 Å². The molecule has 4 aromatic rings. The fourth-order valence-corrected chi connectivity index (χ4v) is 5.32. The fraction of sp³-hybridized carbons (Fsp3) is 0.160. The smallest absolute Gasteiger partial charge is 0.173 e. The van der Waals surface area contributed by atoms with Gasteiger partial charge in [0.2, 0.25) is 0 Å². The molecule has 3 aromatic carbocycles. The van der Waals surface area contributed by atoms with E-state index < -0.39 is 5.41 Å². The van der Waals surface area contributed by atoms with Gasteiger partial charge in [0.25, 0.3) is 0 Å². The topological polar surface area (TPSA) is 17.8 Å². The number of halogens is 5. The fourth-order valence-electron chi connectivity index (χ4n) is 3.56. The maximum Gasteiger partial charge on any atom is 0.173 e. The van der Waals surface area contributed by atoms with E-state index in [2.05, 4.69) is 23.4 Å². The van der Waals surface area contributed by atoms with Crippen LogP contribution < -0.4 is 0 Å². The Labute approximate surface area is 216 Å². The summed E-state index contributed by atoms with van der Waals surface area (Å²) in [7, 11) is 0. The first-order valence-corrected chi connectivity index (χ1v) is 12.5. The van der Waals surface area contributed by atoms with Crippen molar-refractivity contribution in [1.82, 2.24) is 9.55 Å². The third kappa shape index (κ3) is 5.06. The van der Waals surface area contributed by atoms with Crippen molar-refractivity contribution in [1.29, 1.82) is 0 Å². The molecule has 0 amide bonds. The first kappa shape index (κ1) is 24.4. The third-order valence-corrected chi connectivity index (χ3v) is 7.83. The number of rotatable bonds is 6. The van der Waals surface area contributed by atoms with Gasteiger partial charge in [-0.1, -0.05) is 84.1 Å². The quantitative estimate of drug-likeness (QED) is 0.227. The second-order valence-corrected chi connectivity index (χ2v) is 10.6. The SMILES string of the molecule is CC(C)(c1ccc(Cl)c(Cl)c1)c1cnc(SCc2c(F)cccc2Cl)n1-c1ccc(Cl)cc1. The van der Waals surface area contributed by atoms with Crippen LogP contribution in [0.4, 0.5) is 4.39 Å². The number of aromatic nitrogens is 2. The van der Waals surface area contributed by atoms with E-state index in [9.17, 15) is 4.39 Å². The summed E-state index contributed by atoms with van der Waals surface area (Å²) in [5, 5.41) is 2.73. The third-order valence-electron chi connectivity index (χ3n) is 5.50. The molecule has 0 saturated heterocycles. The van der Waals surface area contributed by atoms with Gasteiger partial charge in [0.05, 0.1) is 21.9 Å². The highest BCUT2D eigenvalue weighted by atomic mass is 35.5. The van der Waals surface area contributed by atoms with Crippen LogP contribution in [0.15, 0.2) is 72.0 Å². The van der Waals surface area contributed by atoms with Crippen molar-refractivity contribution in [3.63, 3.8) is 0 Å². The zero-order chi connectivity index (χ0) is 23.8. The Morgan fingerprint density at radius 2 is 1.64 bits per heavy atom. The lowest BCUT2D eigenvalue weighted by Crippen LogP contribution is -2.23. The summed E-state index contributed by atoms with van der Waals surface area (Å²) < 4.78 is 16.4. The van der Waals surface area contributed by atoms with Gasteiger partial charge in [0.15, 0.2) is 5.16 Å². The Hall–Kier alpha value is -1.69. The maximum atomic E-state index is 14.3. The first-order valence-electron chi connectivity index (χ1n) is 10.0. The van der Waals surface area contributed by atoms with Crippen molar-refractivity contribution in [2.45, 2.75) is 30.2 Å². The average molecular weight is 540 g/mol. The average Bonchev–Trinajstić information content (AvgIpc) is 3.20. The highest BCUT2D eigenvalue weighted by Crippen LogP contribution is 2.39. The van der Waals surface area contributed by atoms with E-state index in [1.165, 1.54) is 17.8 Å². The van der Waals surface area contributed by atoms with Crippen molar-refractivity contribution in [2.75, 3.05) is 0 Å². The summed E-state index contributed by atoms with van der Waals surface area (Å²) in [4.78, 5) is 4.69. The highest BCUT2D eigenvalue weighted by molar-refractivity contribution is 7.98. The molecule has 0 aliphatic carbocycles. The molecule has 0 N–H and O–H groups in total. The van der Waals surface area contributed by atoms with Crippen LogP contribution in [0, 0.1) is 5.82 Å². The predicted octanol–water partition coefficient (Wildman–Crippen LogP) is 9.24. The molecule has 0 fully saturated rings. The van der Waals surface area contributed by atoms with E-state index in [0.717, 1.165) is 16.9 Å². The van der Waals surface area contributed by atoms with Crippen LogP contribution >= 0.6 is 58.2 Å². The van der Waals surface area contributed by atoms with Gasteiger partial charge in [0.1, 0.15) is 5.82 Å². The molecule has 4 rings (SSSR count). The molecule has 0 unspecified atom stereocenters. The molecule has 2 nitrogen and oxygen atoms in total. The van der Waals surface area contributed by atoms with Gasteiger partial charge in [-0.15, -0.1) is 0 Å². The lowest BCUT2D eigenvalue weighted by atomic mass is 9.81. The minimum absolute atomic E-state index is 0.336. The van der Waals surface area contributed by atoms with Crippen LogP contribution in [0.2, 0.25) is 20.1 Å². The summed E-state index contributed by atoms with van der Waals surface area (Å²) in [5.41, 5.74) is 2.79. The zero-order valence-electron chi connectivity index (χ0n) is 17.8.